The van der Waals surface area contributed by atoms with Gasteiger partial charge in [0.25, 0.3) is 5.91 Å². The second-order valence-electron chi connectivity index (χ2n) is 7.02. The highest BCUT2D eigenvalue weighted by molar-refractivity contribution is 6.27. The van der Waals surface area contributed by atoms with E-state index in [9.17, 15) is 9.59 Å². The number of benzene rings is 3. The molecule has 1 aliphatic heterocycles. The van der Waals surface area contributed by atoms with E-state index < -0.39 is 11.9 Å². The summed E-state index contributed by atoms with van der Waals surface area (Å²) in [5.74, 6) is -1.04. The van der Waals surface area contributed by atoms with E-state index in [4.69, 9.17) is 4.74 Å². The smallest absolute Gasteiger partial charge is 0.343 e. The molecule has 1 aliphatic rings. The third-order valence-corrected chi connectivity index (χ3v) is 5.03. The second-order valence-corrected chi connectivity index (χ2v) is 7.02. The molecule has 0 radical (unpaired) electrons. The first-order valence-corrected chi connectivity index (χ1v) is 9.66. The van der Waals surface area contributed by atoms with Crippen LogP contribution in [-0.2, 0) is 14.3 Å². The Hall–Kier alpha value is -3.92. The van der Waals surface area contributed by atoms with Crippen molar-refractivity contribution >= 4 is 23.1 Å². The monoisotopic (exact) mass is 395 g/mol. The first-order chi connectivity index (χ1) is 14.6. The van der Waals surface area contributed by atoms with Gasteiger partial charge in [0.05, 0.1) is 12.8 Å². The number of amides is 1. The molecule has 0 bridgehead atoms. The molecule has 30 heavy (non-hydrogen) atoms. The molecule has 0 N–H and O–H groups in total. The van der Waals surface area contributed by atoms with E-state index >= 15 is 0 Å². The van der Waals surface area contributed by atoms with Crippen LogP contribution >= 0.6 is 0 Å². The maximum Gasteiger partial charge on any atom is 0.343 e. The van der Waals surface area contributed by atoms with Crippen LogP contribution in [0.2, 0.25) is 0 Å². The minimum absolute atomic E-state index is 0.0115. The fourth-order valence-corrected chi connectivity index (χ4v) is 3.56. The number of ether oxygens (including phenoxy) is 1. The maximum absolute atomic E-state index is 13.3. The van der Waals surface area contributed by atoms with Crippen LogP contribution in [-0.4, -0.2) is 19.0 Å². The Morgan fingerprint density at radius 1 is 0.800 bits per heavy atom. The van der Waals surface area contributed by atoms with Crippen molar-refractivity contribution in [1.29, 1.82) is 0 Å². The number of allylic oxidation sites excluding steroid dienone is 1. The number of hydrogen-bond acceptors (Lipinski definition) is 3. The average molecular weight is 395 g/mol. The van der Waals surface area contributed by atoms with Crippen molar-refractivity contribution in [3.8, 4) is 0 Å². The molecule has 3 aromatic carbocycles. The zero-order valence-corrected chi connectivity index (χ0v) is 16.8. The van der Waals surface area contributed by atoms with E-state index in [0.29, 0.717) is 11.4 Å². The zero-order valence-electron chi connectivity index (χ0n) is 16.8. The molecule has 1 heterocycles. The summed E-state index contributed by atoms with van der Waals surface area (Å²) in [6, 6.07) is 27.4. The molecule has 0 fully saturated rings. The lowest BCUT2D eigenvalue weighted by molar-refractivity contribution is -0.137. The Labute approximate surface area is 175 Å². The third-order valence-electron chi connectivity index (χ3n) is 5.03. The largest absolute Gasteiger partial charge is 0.465 e. The molecule has 0 atom stereocenters. The van der Waals surface area contributed by atoms with Crippen LogP contribution in [0.25, 0.3) is 5.57 Å². The first kappa shape index (κ1) is 19.4. The number of anilines is 1. The summed E-state index contributed by atoms with van der Waals surface area (Å²) in [5, 5.41) is 0. The van der Waals surface area contributed by atoms with Gasteiger partial charge in [0.15, 0.2) is 0 Å². The molecular formula is C26H21NO3. The van der Waals surface area contributed by atoms with Gasteiger partial charge in [-0.15, -0.1) is 0 Å². The molecule has 0 unspecified atom stereocenters. The van der Waals surface area contributed by atoms with Gasteiger partial charge in [0, 0.05) is 11.3 Å². The van der Waals surface area contributed by atoms with Crippen LogP contribution in [0.15, 0.2) is 102 Å². The molecule has 3 aromatic rings. The fraction of sp³-hybridized carbons (Fsp3) is 0.0769. The normalized spacial score (nSPS) is 13.3. The van der Waals surface area contributed by atoms with Crippen LogP contribution < -0.4 is 4.90 Å². The lowest BCUT2D eigenvalue weighted by Crippen LogP contribution is -2.28. The highest BCUT2D eigenvalue weighted by Crippen LogP contribution is 2.37. The molecule has 0 saturated heterocycles. The standard InChI is InChI=1S/C26H21NO3/c1-18-13-15-21(16-14-18)27-23(17-22(25(27)28)26(29)30-2)24(19-9-5-3-6-10-19)20-11-7-4-8-12-20/h3-17H,1-2H3. The van der Waals surface area contributed by atoms with Crippen molar-refractivity contribution in [2.75, 3.05) is 12.0 Å². The molecule has 1 amide bonds. The van der Waals surface area contributed by atoms with Crippen molar-refractivity contribution in [3.63, 3.8) is 0 Å². The Kier molecular flexibility index (Phi) is 5.31. The van der Waals surface area contributed by atoms with Crippen LogP contribution in [0, 0.1) is 6.92 Å². The second kappa shape index (κ2) is 8.21. The van der Waals surface area contributed by atoms with Gasteiger partial charge in [-0.25, -0.2) is 4.79 Å². The van der Waals surface area contributed by atoms with Crippen molar-refractivity contribution in [3.05, 3.63) is 119 Å². The minimum atomic E-state index is -0.646. The van der Waals surface area contributed by atoms with E-state index in [1.54, 1.807) is 11.0 Å². The quantitative estimate of drug-likeness (QED) is 0.466. The number of aryl methyl sites for hydroxylation is 1. The Bertz CT molecular complexity index is 1100. The summed E-state index contributed by atoms with van der Waals surface area (Å²) in [6.07, 6.45) is 1.63. The third kappa shape index (κ3) is 3.55. The topological polar surface area (TPSA) is 46.6 Å². The van der Waals surface area contributed by atoms with E-state index in [1.807, 2.05) is 91.9 Å². The molecule has 0 spiro atoms. The predicted octanol–water partition coefficient (Wildman–Crippen LogP) is 4.90. The predicted molar refractivity (Wildman–Crippen MR) is 118 cm³/mol. The van der Waals surface area contributed by atoms with Crippen molar-refractivity contribution < 1.29 is 14.3 Å². The summed E-state index contributed by atoms with van der Waals surface area (Å²) >= 11 is 0. The molecular weight excluding hydrogens is 374 g/mol. The molecule has 0 saturated carbocycles. The number of nitrogens with zero attached hydrogens (tertiary/aromatic N) is 1. The average Bonchev–Trinajstić information content (AvgIpc) is 3.12. The molecule has 4 nitrogen and oxygen atoms in total. The van der Waals surface area contributed by atoms with Gasteiger partial charge in [-0.2, -0.15) is 0 Å². The summed E-state index contributed by atoms with van der Waals surface area (Å²) < 4.78 is 4.87. The van der Waals surface area contributed by atoms with Gasteiger partial charge in [-0.1, -0.05) is 78.4 Å². The maximum atomic E-state index is 13.3. The molecule has 0 aromatic heterocycles. The number of esters is 1. The number of carbonyl (C=O) groups is 2. The SMILES string of the molecule is COC(=O)C1=CC(=C(c2ccccc2)c2ccccc2)N(c2ccc(C)cc2)C1=O. The lowest BCUT2D eigenvalue weighted by atomic mass is 9.95. The number of methoxy groups -OCH3 is 1. The van der Waals surface area contributed by atoms with Crippen molar-refractivity contribution in [2.45, 2.75) is 6.92 Å². The molecule has 4 heteroatoms. The fourth-order valence-electron chi connectivity index (χ4n) is 3.56. The Morgan fingerprint density at radius 3 is 1.83 bits per heavy atom. The lowest BCUT2D eigenvalue weighted by Gasteiger charge is -2.23. The van der Waals surface area contributed by atoms with Gasteiger partial charge in [0.1, 0.15) is 5.57 Å². The van der Waals surface area contributed by atoms with Gasteiger partial charge >= 0.3 is 5.97 Å². The summed E-state index contributed by atoms with van der Waals surface area (Å²) in [4.78, 5) is 27.2. The van der Waals surface area contributed by atoms with Gasteiger partial charge < -0.3 is 4.74 Å². The number of carbonyl (C=O) groups excluding carboxylic acids is 2. The Balaban J connectivity index is 2.02. The summed E-state index contributed by atoms with van der Waals surface area (Å²) in [6.45, 7) is 1.99. The van der Waals surface area contributed by atoms with E-state index in [2.05, 4.69) is 0 Å². The highest BCUT2D eigenvalue weighted by Gasteiger charge is 2.36. The van der Waals surface area contributed by atoms with Crippen LogP contribution in [0.4, 0.5) is 5.69 Å². The van der Waals surface area contributed by atoms with E-state index in [-0.39, 0.29) is 5.57 Å². The first-order valence-electron chi connectivity index (χ1n) is 9.66. The van der Waals surface area contributed by atoms with Gasteiger partial charge in [-0.05, 0) is 36.3 Å². The van der Waals surface area contributed by atoms with Crippen LogP contribution in [0.3, 0.4) is 0 Å². The van der Waals surface area contributed by atoms with Gasteiger partial charge in [0.2, 0.25) is 0 Å². The zero-order chi connectivity index (χ0) is 21.1. The van der Waals surface area contributed by atoms with E-state index in [0.717, 1.165) is 22.3 Å². The van der Waals surface area contributed by atoms with Crippen LogP contribution in [0.1, 0.15) is 16.7 Å². The Morgan fingerprint density at radius 2 is 1.33 bits per heavy atom. The highest BCUT2D eigenvalue weighted by atomic mass is 16.5. The number of hydrogen-bond donors (Lipinski definition) is 0. The summed E-state index contributed by atoms with van der Waals surface area (Å²) in [5.41, 5.74) is 5.20. The molecule has 148 valence electrons. The van der Waals surface area contributed by atoms with Gasteiger partial charge in [-0.3, -0.25) is 9.69 Å². The summed E-state index contributed by atoms with van der Waals surface area (Å²) in [7, 11) is 1.28. The van der Waals surface area contributed by atoms with Crippen molar-refractivity contribution in [2.24, 2.45) is 0 Å². The van der Waals surface area contributed by atoms with Crippen molar-refractivity contribution in [1.82, 2.24) is 0 Å². The number of rotatable bonds is 4. The molecule has 4 rings (SSSR count). The minimum Gasteiger partial charge on any atom is -0.465 e. The van der Waals surface area contributed by atoms with Crippen LogP contribution in [0.5, 0.6) is 0 Å². The molecule has 0 aliphatic carbocycles. The van der Waals surface area contributed by atoms with E-state index in [1.165, 1.54) is 7.11 Å².